The summed E-state index contributed by atoms with van der Waals surface area (Å²) in [6.45, 7) is 3.79. The Morgan fingerprint density at radius 2 is 1.85 bits per heavy atom. The van der Waals surface area contributed by atoms with Gasteiger partial charge in [0.2, 0.25) is 11.1 Å². The first kappa shape index (κ1) is 22.9. The number of nitrogen functional groups attached to an aromatic ring is 1. The van der Waals surface area contributed by atoms with Crippen molar-refractivity contribution in [3.05, 3.63) is 71.4 Å². The molecule has 0 fully saturated rings. The van der Waals surface area contributed by atoms with Crippen LogP contribution < -0.4 is 15.9 Å². The first-order chi connectivity index (χ1) is 16.5. The summed E-state index contributed by atoms with van der Waals surface area (Å²) in [7, 11) is 1.57. The molecule has 0 aliphatic rings. The van der Waals surface area contributed by atoms with Crippen molar-refractivity contribution in [3.63, 3.8) is 0 Å². The van der Waals surface area contributed by atoms with Gasteiger partial charge in [0.15, 0.2) is 5.82 Å². The molecule has 0 radical (unpaired) electrons. The van der Waals surface area contributed by atoms with Crippen LogP contribution in [0, 0.1) is 25.2 Å². The van der Waals surface area contributed by atoms with E-state index in [2.05, 4.69) is 21.6 Å². The molecule has 0 saturated carbocycles. The highest BCUT2D eigenvalue weighted by atomic mass is 32.2. The van der Waals surface area contributed by atoms with Gasteiger partial charge in [-0.25, -0.2) is 4.68 Å². The molecule has 4 aromatic rings. The fourth-order valence-electron chi connectivity index (χ4n) is 3.65. The Hall–Kier alpha value is -4.23. The van der Waals surface area contributed by atoms with E-state index < -0.39 is 0 Å². The Bertz CT molecular complexity index is 1390. The average molecular weight is 474 g/mol. The summed E-state index contributed by atoms with van der Waals surface area (Å²) in [6, 6.07) is 19.1. The van der Waals surface area contributed by atoms with Crippen LogP contribution in [-0.4, -0.2) is 38.2 Å². The molecular weight excluding hydrogens is 450 g/mol. The second-order valence-corrected chi connectivity index (χ2v) is 8.37. The Morgan fingerprint density at radius 1 is 1.15 bits per heavy atom. The van der Waals surface area contributed by atoms with Gasteiger partial charge in [0.1, 0.15) is 17.6 Å². The van der Waals surface area contributed by atoms with E-state index in [9.17, 15) is 10.1 Å². The fraction of sp³-hybridized carbons (Fsp3) is 0.167. The largest absolute Gasteiger partial charge is 0.496 e. The predicted octanol–water partition coefficient (Wildman–Crippen LogP) is 3.68. The lowest BCUT2D eigenvalue weighted by molar-refractivity contribution is -0.113. The number of rotatable bonds is 7. The summed E-state index contributed by atoms with van der Waals surface area (Å²) in [5.41, 5.74) is 3.68. The number of methoxy groups -OCH3 is 1. The maximum absolute atomic E-state index is 12.9. The van der Waals surface area contributed by atoms with Gasteiger partial charge >= 0.3 is 0 Å². The number of amides is 1. The maximum Gasteiger partial charge on any atom is 0.236 e. The second kappa shape index (κ2) is 9.72. The third kappa shape index (κ3) is 4.21. The van der Waals surface area contributed by atoms with Crippen LogP contribution in [0.15, 0.2) is 59.8 Å². The minimum Gasteiger partial charge on any atom is -0.496 e. The van der Waals surface area contributed by atoms with Crippen LogP contribution in [0.3, 0.4) is 0 Å². The van der Waals surface area contributed by atoms with Crippen LogP contribution in [0.1, 0.15) is 16.8 Å². The number of hydrogen-bond acceptors (Lipinski definition) is 7. The third-order valence-corrected chi connectivity index (χ3v) is 6.39. The number of nitrogens with two attached hydrogens (primary N) is 1. The number of para-hydroxylation sites is 2. The van der Waals surface area contributed by atoms with E-state index in [1.54, 1.807) is 7.11 Å². The lowest BCUT2D eigenvalue weighted by Gasteiger charge is -2.13. The number of hydrogen-bond donors (Lipinski definition) is 2. The van der Waals surface area contributed by atoms with Crippen molar-refractivity contribution in [1.82, 2.24) is 19.4 Å². The summed E-state index contributed by atoms with van der Waals surface area (Å²) in [5.74, 6) is 7.43. The molecule has 0 spiro atoms. The van der Waals surface area contributed by atoms with E-state index in [4.69, 9.17) is 10.6 Å². The SMILES string of the molecule is COc1ccccc1-c1nnc(SCC(=O)Nc2c(C#N)c(C)c(C)n2-c2ccccc2)n1N. The normalized spacial score (nSPS) is 10.6. The number of nitrogens with zero attached hydrogens (tertiary/aromatic N) is 5. The van der Waals surface area contributed by atoms with Gasteiger partial charge in [-0.3, -0.25) is 9.36 Å². The molecule has 0 aliphatic carbocycles. The first-order valence-corrected chi connectivity index (χ1v) is 11.4. The van der Waals surface area contributed by atoms with Crippen LogP contribution in [0.2, 0.25) is 0 Å². The molecule has 0 saturated heterocycles. The van der Waals surface area contributed by atoms with Crippen molar-refractivity contribution in [3.8, 4) is 28.9 Å². The Balaban J connectivity index is 1.55. The molecule has 0 atom stereocenters. The smallest absolute Gasteiger partial charge is 0.236 e. The number of thioether (sulfide) groups is 1. The molecule has 9 nitrogen and oxygen atoms in total. The van der Waals surface area contributed by atoms with Crippen LogP contribution in [0.5, 0.6) is 5.75 Å². The van der Waals surface area contributed by atoms with Gasteiger partial charge in [-0.15, -0.1) is 10.2 Å². The highest BCUT2D eigenvalue weighted by Gasteiger charge is 2.22. The summed E-state index contributed by atoms with van der Waals surface area (Å²) in [6.07, 6.45) is 0. The summed E-state index contributed by atoms with van der Waals surface area (Å²) >= 11 is 1.15. The molecule has 1 amide bonds. The molecule has 172 valence electrons. The number of aromatic nitrogens is 4. The Kier molecular flexibility index (Phi) is 6.56. The predicted molar refractivity (Wildman–Crippen MR) is 131 cm³/mol. The van der Waals surface area contributed by atoms with E-state index in [0.717, 1.165) is 28.7 Å². The van der Waals surface area contributed by atoms with Gasteiger partial charge in [0.05, 0.1) is 24.0 Å². The van der Waals surface area contributed by atoms with Crippen molar-refractivity contribution < 1.29 is 9.53 Å². The molecule has 34 heavy (non-hydrogen) atoms. The van der Waals surface area contributed by atoms with Gasteiger partial charge in [-0.2, -0.15) is 5.26 Å². The van der Waals surface area contributed by atoms with Crippen LogP contribution in [0.4, 0.5) is 5.82 Å². The molecule has 2 aromatic heterocycles. The molecule has 2 aromatic carbocycles. The minimum atomic E-state index is -0.293. The van der Waals surface area contributed by atoms with Gasteiger partial charge < -0.3 is 15.9 Å². The topological polar surface area (TPSA) is 124 Å². The highest BCUT2D eigenvalue weighted by molar-refractivity contribution is 7.99. The summed E-state index contributed by atoms with van der Waals surface area (Å²) in [4.78, 5) is 12.9. The fourth-order valence-corrected chi connectivity index (χ4v) is 4.30. The highest BCUT2D eigenvalue weighted by Crippen LogP contribution is 2.31. The molecule has 3 N–H and O–H groups in total. The lowest BCUT2D eigenvalue weighted by Crippen LogP contribution is -2.19. The lowest BCUT2D eigenvalue weighted by atomic mass is 10.2. The molecule has 10 heteroatoms. The van der Waals surface area contributed by atoms with Gasteiger partial charge in [0.25, 0.3) is 0 Å². The number of nitrogens with one attached hydrogen (secondary N) is 1. The average Bonchev–Trinajstić information content (AvgIpc) is 3.34. The zero-order valence-corrected chi connectivity index (χ0v) is 19.8. The number of benzene rings is 2. The van der Waals surface area contributed by atoms with E-state index in [1.165, 1.54) is 4.68 Å². The Morgan fingerprint density at radius 3 is 2.56 bits per heavy atom. The number of anilines is 1. The summed E-state index contributed by atoms with van der Waals surface area (Å²) < 4.78 is 8.58. The molecule has 0 aliphatic heterocycles. The monoisotopic (exact) mass is 473 g/mol. The third-order valence-electron chi connectivity index (χ3n) is 5.44. The second-order valence-electron chi connectivity index (χ2n) is 7.43. The molecule has 0 unspecified atom stereocenters. The Labute approximate surface area is 201 Å². The number of nitriles is 1. The maximum atomic E-state index is 12.9. The van der Waals surface area contributed by atoms with Crippen molar-refractivity contribution in [2.45, 2.75) is 19.0 Å². The van der Waals surface area contributed by atoms with Gasteiger partial charge in [0, 0.05) is 11.4 Å². The zero-order valence-electron chi connectivity index (χ0n) is 18.9. The van der Waals surface area contributed by atoms with Crippen molar-refractivity contribution in [2.24, 2.45) is 0 Å². The minimum absolute atomic E-state index is 0.0319. The van der Waals surface area contributed by atoms with Gasteiger partial charge in [-0.1, -0.05) is 42.1 Å². The summed E-state index contributed by atoms with van der Waals surface area (Å²) in [5, 5.41) is 21.3. The molecule has 2 heterocycles. The number of carbonyl (C=O) groups excluding carboxylic acids is 1. The van der Waals surface area contributed by atoms with Crippen LogP contribution in [-0.2, 0) is 4.79 Å². The van der Waals surface area contributed by atoms with Crippen molar-refractivity contribution in [2.75, 3.05) is 24.0 Å². The standard InChI is InChI=1S/C24H23N7O2S/c1-15-16(2)30(17-9-5-4-6-10-17)22(19(15)13-25)27-21(32)14-34-24-29-28-23(31(24)26)18-11-7-8-12-20(18)33-3/h4-12H,14,26H2,1-3H3,(H,27,32). The van der Waals surface area contributed by atoms with Crippen LogP contribution >= 0.6 is 11.8 Å². The quantitative estimate of drug-likeness (QED) is 0.310. The number of ether oxygens (including phenoxy) is 1. The van der Waals surface area contributed by atoms with Gasteiger partial charge in [-0.05, 0) is 43.7 Å². The van der Waals surface area contributed by atoms with Crippen molar-refractivity contribution >= 4 is 23.5 Å². The number of carbonyl (C=O) groups is 1. The first-order valence-electron chi connectivity index (χ1n) is 10.4. The van der Waals surface area contributed by atoms with E-state index in [1.807, 2.05) is 73.0 Å². The van der Waals surface area contributed by atoms with E-state index >= 15 is 0 Å². The van der Waals surface area contributed by atoms with E-state index in [-0.39, 0.29) is 11.7 Å². The van der Waals surface area contributed by atoms with Crippen LogP contribution in [0.25, 0.3) is 17.1 Å². The molecular formula is C24H23N7O2S. The molecule has 4 rings (SSSR count). The van der Waals surface area contributed by atoms with Crippen molar-refractivity contribution in [1.29, 1.82) is 5.26 Å². The van der Waals surface area contributed by atoms with E-state index in [0.29, 0.717) is 33.7 Å². The molecule has 0 bridgehead atoms. The zero-order chi connectivity index (χ0) is 24.2.